The molecular weight excluding hydrogens is 857 g/mol. The Labute approximate surface area is 342 Å². The summed E-state index contributed by atoms with van der Waals surface area (Å²) in [6.07, 6.45) is 3.83. The van der Waals surface area contributed by atoms with Crippen molar-refractivity contribution in [3.63, 3.8) is 0 Å². The fourth-order valence-electron chi connectivity index (χ4n) is 7.90. The normalized spacial score (nSPS) is 20.7. The maximum Gasteiger partial charge on any atom is 0.303 e. The molecule has 0 amide bonds. The van der Waals surface area contributed by atoms with E-state index in [1.807, 2.05) is 0 Å². The van der Waals surface area contributed by atoms with E-state index in [1.54, 1.807) is 30.2 Å². The minimum absolute atomic E-state index is 0.0384. The van der Waals surface area contributed by atoms with E-state index in [4.69, 9.17) is 5.11 Å². The first kappa shape index (κ1) is 45.8. The summed E-state index contributed by atoms with van der Waals surface area (Å²) in [5.41, 5.74) is -0.412. The third-order valence-corrected chi connectivity index (χ3v) is 14.2. The summed E-state index contributed by atoms with van der Waals surface area (Å²) in [4.78, 5) is 26.0. The Morgan fingerprint density at radius 2 is 1.34 bits per heavy atom. The zero-order chi connectivity index (χ0) is 44.1. The Balaban J connectivity index is 1.65. The number of hydrogen-bond acceptors (Lipinski definition) is 12. The molecule has 0 radical (unpaired) electrons. The molecule has 2 aliphatic heterocycles. The van der Waals surface area contributed by atoms with Crippen LogP contribution in [0.1, 0.15) is 76.8 Å². The number of ketones is 1. The van der Waals surface area contributed by atoms with E-state index >= 15 is 0 Å². The van der Waals surface area contributed by atoms with Gasteiger partial charge in [0.25, 0.3) is 40.5 Å². The van der Waals surface area contributed by atoms with Gasteiger partial charge in [-0.25, -0.2) is 0 Å². The molecule has 3 aliphatic rings. The van der Waals surface area contributed by atoms with Crippen LogP contribution in [0.3, 0.4) is 0 Å². The highest BCUT2D eigenvalue weighted by molar-refractivity contribution is 7.86. The van der Waals surface area contributed by atoms with Crippen molar-refractivity contribution < 1.29 is 76.3 Å². The number of carboxylic acid groups (broad SMARTS) is 1. The minimum Gasteiger partial charge on any atom is -0.506 e. The van der Waals surface area contributed by atoms with Crippen LogP contribution < -0.4 is 4.90 Å². The second kappa shape index (κ2) is 16.3. The fourth-order valence-corrected chi connectivity index (χ4v) is 9.90. The van der Waals surface area contributed by atoms with Crippen LogP contribution in [0, 0.1) is 0 Å². The van der Waals surface area contributed by atoms with Gasteiger partial charge in [-0.05, 0) is 82.0 Å². The molecule has 18 nitrogen and oxygen atoms in total. The summed E-state index contributed by atoms with van der Waals surface area (Å²) in [6, 6.07) is 7.59. The number of unbranched alkanes of at least 4 members (excludes halogenated alkanes) is 2. The highest BCUT2D eigenvalue weighted by atomic mass is 32.2. The summed E-state index contributed by atoms with van der Waals surface area (Å²) in [7, 11) is -18.1. The number of aliphatic hydroxyl groups is 1. The topological polar surface area (TPSA) is 298 Å². The maximum absolute atomic E-state index is 14.1. The van der Waals surface area contributed by atoms with Crippen LogP contribution in [0.4, 0.5) is 11.4 Å². The minimum atomic E-state index is -4.71. The molecule has 2 heterocycles. The van der Waals surface area contributed by atoms with Crippen molar-refractivity contribution in [2.45, 2.75) is 86.3 Å². The number of rotatable bonds is 18. The van der Waals surface area contributed by atoms with Crippen molar-refractivity contribution in [1.82, 2.24) is 0 Å². The number of benzene rings is 2. The first-order valence-electron chi connectivity index (χ1n) is 18.3. The van der Waals surface area contributed by atoms with Crippen LogP contribution in [-0.4, -0.2) is 109 Å². The van der Waals surface area contributed by atoms with E-state index in [9.17, 15) is 66.6 Å². The average Bonchev–Trinajstić information content (AvgIpc) is 3.45. The van der Waals surface area contributed by atoms with Gasteiger partial charge in [-0.1, -0.05) is 12.8 Å². The zero-order valence-electron chi connectivity index (χ0n) is 32.2. The van der Waals surface area contributed by atoms with E-state index < -0.39 is 90.1 Å². The van der Waals surface area contributed by atoms with Gasteiger partial charge in [0.05, 0.1) is 37.9 Å². The Morgan fingerprint density at radius 3 is 1.90 bits per heavy atom. The predicted octanol–water partition coefficient (Wildman–Crippen LogP) is 4.13. The number of allylic oxidation sites excluding steroid dienone is 5. The first-order chi connectivity index (χ1) is 27.1. The number of carboxylic acids is 1. The Hall–Kier alpha value is -4.29. The summed E-state index contributed by atoms with van der Waals surface area (Å²) >= 11 is 0. The number of fused-ring (bicyclic) bond motifs is 2. The molecule has 6 N–H and O–H groups in total. The summed E-state index contributed by atoms with van der Waals surface area (Å²) in [6.45, 7) is 4.98. The molecule has 0 aromatic heterocycles. The number of anilines is 1. The van der Waals surface area contributed by atoms with Crippen LogP contribution in [-0.2, 0) is 60.9 Å². The van der Waals surface area contributed by atoms with Crippen molar-refractivity contribution in [2.75, 3.05) is 29.5 Å². The molecule has 1 atom stereocenters. The van der Waals surface area contributed by atoms with Gasteiger partial charge in [0.2, 0.25) is 11.5 Å². The van der Waals surface area contributed by atoms with Gasteiger partial charge in [-0.2, -0.15) is 38.2 Å². The molecular formula is C37H45N2O16S4+. The molecule has 1 aliphatic carbocycles. The lowest BCUT2D eigenvalue weighted by Crippen LogP contribution is -2.33. The van der Waals surface area contributed by atoms with Crippen molar-refractivity contribution in [3.8, 4) is 0 Å². The molecule has 322 valence electrons. The Kier molecular flexibility index (Phi) is 12.6. The van der Waals surface area contributed by atoms with Crippen LogP contribution in [0.2, 0.25) is 0 Å². The largest absolute Gasteiger partial charge is 0.506 e. The summed E-state index contributed by atoms with van der Waals surface area (Å²) in [5.74, 6) is -3.41. The molecule has 0 spiro atoms. The van der Waals surface area contributed by atoms with Crippen molar-refractivity contribution in [2.24, 2.45) is 0 Å². The molecule has 22 heteroatoms. The maximum atomic E-state index is 14.1. The highest BCUT2D eigenvalue weighted by Crippen LogP contribution is 2.53. The summed E-state index contributed by atoms with van der Waals surface area (Å²) < 4.78 is 135. The quantitative estimate of drug-likeness (QED) is 0.0530. The van der Waals surface area contributed by atoms with Crippen molar-refractivity contribution >= 4 is 69.3 Å². The first-order valence-corrected chi connectivity index (χ1v) is 24.4. The van der Waals surface area contributed by atoms with Gasteiger partial charge in [0.15, 0.2) is 5.71 Å². The fraction of sp³-hybridized carbons (Fsp3) is 0.432. The SMILES string of the molecule is CC1(C)C(/C=C2/C(=O)C(/C=C3\N(CCCS(=O)(=O)O)c4ccc(S(=O)(=O)O)cc4C3(C)CCCCCC(=O)O)=C2O)=[N+](CCCS(=O)(=O)O)c2ccc(S(=O)(=O)O)cc21. The standard InChI is InChI=1S/C37H44N2O16S4/c1-36(2)27-19-23(58(50,51)52)10-12-29(27)38(15-7-17-56(44,45)46)31(36)21-25-34(42)26(35(25)43)22-32-37(3,14-6-4-5-9-33(40)41)28-20-24(59(53,54)55)11-13-30(28)39(32)16-8-18-57(47,48)49/h10-13,19-22H,4-9,14-18H2,1-3H3,(H5-,40,41,42,43,44,45,46,47,48,49,50,51,52,53,54,55)/p+1. The number of aliphatic carboxylic acids is 1. The lowest BCUT2D eigenvalue weighted by atomic mass is 9.75. The van der Waals surface area contributed by atoms with E-state index in [2.05, 4.69) is 0 Å². The van der Waals surface area contributed by atoms with Gasteiger partial charge in [0, 0.05) is 53.9 Å². The zero-order valence-corrected chi connectivity index (χ0v) is 35.5. The summed E-state index contributed by atoms with van der Waals surface area (Å²) in [5, 5.41) is 20.7. The number of aliphatic hydroxyl groups excluding tert-OH is 1. The van der Waals surface area contributed by atoms with Crippen LogP contribution in [0.15, 0.2) is 80.9 Å². The monoisotopic (exact) mass is 901 g/mol. The molecule has 5 rings (SSSR count). The number of carbonyl (C=O) groups is 2. The van der Waals surface area contributed by atoms with Crippen molar-refractivity contribution in [3.05, 3.63) is 82.3 Å². The molecule has 0 fully saturated rings. The Bertz CT molecular complexity index is 2700. The molecule has 0 saturated heterocycles. The molecule has 2 aromatic rings. The molecule has 0 saturated carbocycles. The second-order valence-electron chi connectivity index (χ2n) is 15.4. The second-order valence-corrected chi connectivity index (χ2v) is 21.4. The van der Waals surface area contributed by atoms with Gasteiger partial charge >= 0.3 is 5.97 Å². The lowest BCUT2D eigenvalue weighted by Gasteiger charge is -2.32. The van der Waals surface area contributed by atoms with Crippen LogP contribution in [0.5, 0.6) is 0 Å². The number of carbonyl (C=O) groups excluding carboxylic acids is 1. The van der Waals surface area contributed by atoms with Gasteiger partial charge in [0.1, 0.15) is 12.3 Å². The van der Waals surface area contributed by atoms with E-state index in [1.165, 1.54) is 36.4 Å². The van der Waals surface area contributed by atoms with Gasteiger partial charge in [-0.15, -0.1) is 0 Å². The number of nitrogens with zero attached hydrogens (tertiary/aromatic N) is 2. The average molecular weight is 902 g/mol. The van der Waals surface area contributed by atoms with Crippen molar-refractivity contribution in [1.29, 1.82) is 0 Å². The predicted molar refractivity (Wildman–Crippen MR) is 214 cm³/mol. The molecule has 0 bridgehead atoms. The van der Waals surface area contributed by atoms with Gasteiger partial charge in [-0.3, -0.25) is 27.8 Å². The molecule has 1 unspecified atom stereocenters. The van der Waals surface area contributed by atoms with Crippen LogP contribution in [0.25, 0.3) is 0 Å². The lowest BCUT2D eigenvalue weighted by molar-refractivity contribution is -0.437. The molecule has 2 aromatic carbocycles. The third kappa shape index (κ3) is 9.86. The van der Waals surface area contributed by atoms with E-state index in [-0.39, 0.29) is 49.9 Å². The van der Waals surface area contributed by atoms with E-state index in [0.29, 0.717) is 53.2 Å². The van der Waals surface area contributed by atoms with Gasteiger partial charge < -0.3 is 15.1 Å². The smallest absolute Gasteiger partial charge is 0.303 e. The third-order valence-electron chi connectivity index (χ3n) is 10.9. The highest BCUT2D eigenvalue weighted by Gasteiger charge is 2.49. The van der Waals surface area contributed by atoms with E-state index in [0.717, 1.165) is 12.1 Å². The van der Waals surface area contributed by atoms with Crippen LogP contribution >= 0.6 is 0 Å². The molecule has 59 heavy (non-hydrogen) atoms. The number of Topliss-reactive ketones (excluding diaryl/α,β-unsaturated/α-hetero) is 1. The number of hydrogen-bond donors (Lipinski definition) is 6. The Morgan fingerprint density at radius 1 is 0.763 bits per heavy atom.